The fraction of sp³-hybridized carbons (Fsp3) is 0.100. The summed E-state index contributed by atoms with van der Waals surface area (Å²) in [6.07, 6.45) is 3.42. The van der Waals surface area contributed by atoms with Crippen LogP contribution in [0.2, 0.25) is 0 Å². The van der Waals surface area contributed by atoms with E-state index in [1.165, 1.54) is 0 Å². The zero-order valence-corrected chi connectivity index (χ0v) is 8.20. The number of hydrogen-bond acceptors (Lipinski definition) is 4. The fourth-order valence-electron chi connectivity index (χ4n) is 1.19. The van der Waals surface area contributed by atoms with Gasteiger partial charge in [-0.2, -0.15) is 10.1 Å². The van der Waals surface area contributed by atoms with Crippen LogP contribution in [0.5, 0.6) is 0 Å². The Kier molecular flexibility index (Phi) is 2.33. The van der Waals surface area contributed by atoms with Crippen molar-refractivity contribution in [2.75, 3.05) is 12.1 Å². The molecule has 0 amide bonds. The van der Waals surface area contributed by atoms with Crippen molar-refractivity contribution >= 4 is 5.82 Å². The highest BCUT2D eigenvalue weighted by atomic mass is 15.7. The highest BCUT2D eigenvalue weighted by molar-refractivity contribution is 5.35. The number of rotatable bonds is 2. The van der Waals surface area contributed by atoms with Crippen molar-refractivity contribution in [3.8, 4) is 6.07 Å². The van der Waals surface area contributed by atoms with Crippen molar-refractivity contribution in [1.29, 1.82) is 5.26 Å². The lowest BCUT2D eigenvalue weighted by Gasteiger charge is -2.16. The van der Waals surface area contributed by atoms with Gasteiger partial charge in [0.05, 0.1) is 6.20 Å². The van der Waals surface area contributed by atoms with E-state index in [4.69, 9.17) is 5.26 Å². The first-order valence-corrected chi connectivity index (χ1v) is 4.42. The molecular weight excluding hydrogens is 190 g/mol. The highest BCUT2D eigenvalue weighted by Gasteiger charge is 2.04. The zero-order chi connectivity index (χ0) is 10.7. The van der Waals surface area contributed by atoms with Crippen LogP contribution in [0.25, 0.3) is 0 Å². The fourth-order valence-corrected chi connectivity index (χ4v) is 1.19. The van der Waals surface area contributed by atoms with Gasteiger partial charge in [0.1, 0.15) is 11.9 Å². The Hall–Kier alpha value is -2.35. The lowest BCUT2D eigenvalue weighted by molar-refractivity contribution is 0.660. The first kappa shape index (κ1) is 9.21. The largest absolute Gasteiger partial charge is 0.251 e. The molecule has 0 atom stereocenters. The smallest absolute Gasteiger partial charge is 0.164 e. The van der Waals surface area contributed by atoms with Gasteiger partial charge >= 0.3 is 0 Å². The summed E-state index contributed by atoms with van der Waals surface area (Å²) in [5.74, 6) is 0.769. The molecule has 2 rings (SSSR count). The Morgan fingerprint density at radius 1 is 1.40 bits per heavy atom. The number of aromatic nitrogens is 3. The lowest BCUT2D eigenvalue weighted by Crippen LogP contribution is -2.25. The number of nitriles is 1. The second kappa shape index (κ2) is 3.80. The molecular formula is C10H9N5. The number of anilines is 1. The van der Waals surface area contributed by atoms with E-state index >= 15 is 0 Å². The van der Waals surface area contributed by atoms with Crippen molar-refractivity contribution < 1.29 is 0 Å². The van der Waals surface area contributed by atoms with Crippen LogP contribution in [0.1, 0.15) is 5.69 Å². The van der Waals surface area contributed by atoms with E-state index in [1.807, 2.05) is 31.3 Å². The Morgan fingerprint density at radius 3 is 2.87 bits per heavy atom. The summed E-state index contributed by atoms with van der Waals surface area (Å²) >= 11 is 0. The summed E-state index contributed by atoms with van der Waals surface area (Å²) in [4.78, 5) is 5.74. The third-order valence-corrected chi connectivity index (χ3v) is 1.98. The number of nitrogens with zero attached hydrogens (tertiary/aromatic N) is 5. The second-order valence-corrected chi connectivity index (χ2v) is 2.94. The molecule has 0 fully saturated rings. The summed E-state index contributed by atoms with van der Waals surface area (Å²) in [5, 5.41) is 14.4. The highest BCUT2D eigenvalue weighted by Crippen LogP contribution is 2.07. The number of hydrogen-bond donors (Lipinski definition) is 0. The topological polar surface area (TPSA) is 57.7 Å². The van der Waals surface area contributed by atoms with Gasteiger partial charge in [0, 0.05) is 13.2 Å². The molecule has 0 radical (unpaired) electrons. The third kappa shape index (κ3) is 1.79. The van der Waals surface area contributed by atoms with Gasteiger partial charge in [-0.15, -0.1) is 5.10 Å². The molecule has 0 N–H and O–H groups in total. The van der Waals surface area contributed by atoms with Gasteiger partial charge in [-0.1, -0.05) is 6.07 Å². The van der Waals surface area contributed by atoms with Crippen LogP contribution < -0.4 is 5.01 Å². The summed E-state index contributed by atoms with van der Waals surface area (Å²) in [6.45, 7) is 0. The molecule has 15 heavy (non-hydrogen) atoms. The molecule has 0 saturated carbocycles. The van der Waals surface area contributed by atoms with Crippen molar-refractivity contribution in [2.45, 2.75) is 0 Å². The molecule has 0 aromatic carbocycles. The van der Waals surface area contributed by atoms with E-state index in [1.54, 1.807) is 28.3 Å². The maximum absolute atomic E-state index is 8.64. The molecule has 0 aliphatic carbocycles. The van der Waals surface area contributed by atoms with E-state index in [9.17, 15) is 0 Å². The quantitative estimate of drug-likeness (QED) is 0.725. The molecule has 2 heterocycles. The van der Waals surface area contributed by atoms with Gasteiger partial charge < -0.3 is 0 Å². The summed E-state index contributed by atoms with van der Waals surface area (Å²) < 4.78 is 0. The van der Waals surface area contributed by atoms with Crippen LogP contribution in [0.4, 0.5) is 5.82 Å². The molecule has 0 aliphatic rings. The van der Waals surface area contributed by atoms with E-state index in [-0.39, 0.29) is 0 Å². The van der Waals surface area contributed by atoms with Gasteiger partial charge in [-0.3, -0.25) is 5.01 Å². The predicted octanol–water partition coefficient (Wildman–Crippen LogP) is 1.05. The minimum Gasteiger partial charge on any atom is -0.251 e. The molecule has 74 valence electrons. The van der Waals surface area contributed by atoms with Crippen molar-refractivity contribution in [3.05, 3.63) is 42.4 Å². The normalized spacial score (nSPS) is 9.60. The molecule has 0 unspecified atom stereocenters. The molecule has 5 heteroatoms. The van der Waals surface area contributed by atoms with E-state index in [0.29, 0.717) is 5.69 Å². The van der Waals surface area contributed by atoms with Crippen LogP contribution >= 0.6 is 0 Å². The standard InChI is InChI=1S/C10H9N5/c1-14(10-4-2-3-6-12-10)15-7-5-9(8-11)13-15/h2-7H,1H3. The Morgan fingerprint density at radius 2 is 2.27 bits per heavy atom. The summed E-state index contributed by atoms with van der Waals surface area (Å²) in [7, 11) is 1.83. The number of pyridine rings is 1. The van der Waals surface area contributed by atoms with Gasteiger partial charge in [-0.25, -0.2) is 4.98 Å². The predicted molar refractivity (Wildman–Crippen MR) is 55.0 cm³/mol. The van der Waals surface area contributed by atoms with Crippen LogP contribution in [-0.2, 0) is 0 Å². The minimum atomic E-state index is 0.387. The van der Waals surface area contributed by atoms with Crippen molar-refractivity contribution in [2.24, 2.45) is 0 Å². The molecule has 0 saturated heterocycles. The van der Waals surface area contributed by atoms with Crippen LogP contribution in [0.15, 0.2) is 36.7 Å². The Bertz CT molecular complexity index is 482. The van der Waals surface area contributed by atoms with E-state index in [2.05, 4.69) is 10.1 Å². The second-order valence-electron chi connectivity index (χ2n) is 2.94. The molecule has 2 aromatic rings. The maximum Gasteiger partial charge on any atom is 0.164 e. The van der Waals surface area contributed by atoms with Crippen LogP contribution in [0, 0.1) is 11.3 Å². The van der Waals surface area contributed by atoms with Crippen LogP contribution in [-0.4, -0.2) is 21.9 Å². The maximum atomic E-state index is 8.64. The van der Waals surface area contributed by atoms with Crippen molar-refractivity contribution in [1.82, 2.24) is 14.9 Å². The Labute approximate surface area is 87.2 Å². The molecule has 0 aliphatic heterocycles. The minimum absolute atomic E-state index is 0.387. The lowest BCUT2D eigenvalue weighted by atomic mass is 10.5. The first-order valence-electron chi connectivity index (χ1n) is 4.42. The SMILES string of the molecule is CN(c1ccccn1)n1ccc(C#N)n1. The van der Waals surface area contributed by atoms with Gasteiger partial charge in [-0.05, 0) is 18.2 Å². The van der Waals surface area contributed by atoms with Gasteiger partial charge in [0.15, 0.2) is 5.69 Å². The van der Waals surface area contributed by atoms with E-state index < -0.39 is 0 Å². The average molecular weight is 199 g/mol. The van der Waals surface area contributed by atoms with Crippen LogP contribution in [0.3, 0.4) is 0 Å². The molecule has 5 nitrogen and oxygen atoms in total. The monoisotopic (exact) mass is 199 g/mol. The van der Waals surface area contributed by atoms with E-state index in [0.717, 1.165) is 5.82 Å². The molecule has 2 aromatic heterocycles. The Balaban J connectivity index is 2.29. The zero-order valence-electron chi connectivity index (χ0n) is 8.20. The van der Waals surface area contributed by atoms with Gasteiger partial charge in [0.25, 0.3) is 0 Å². The van der Waals surface area contributed by atoms with Gasteiger partial charge in [0.2, 0.25) is 0 Å². The first-order chi connectivity index (χ1) is 7.31. The summed E-state index contributed by atoms with van der Waals surface area (Å²) in [6, 6.07) is 9.24. The molecule has 0 spiro atoms. The average Bonchev–Trinajstić information content (AvgIpc) is 2.78. The molecule has 0 bridgehead atoms. The third-order valence-electron chi connectivity index (χ3n) is 1.98. The van der Waals surface area contributed by atoms with Crippen molar-refractivity contribution in [3.63, 3.8) is 0 Å². The summed E-state index contributed by atoms with van der Waals surface area (Å²) in [5.41, 5.74) is 0.387.